The highest BCUT2D eigenvalue weighted by molar-refractivity contribution is 5.92. The molecule has 0 spiro atoms. The lowest BCUT2D eigenvalue weighted by Crippen LogP contribution is -2.61. The number of rotatable bonds is 6. The van der Waals surface area contributed by atoms with E-state index in [-0.39, 0.29) is 54.6 Å². The van der Waals surface area contributed by atoms with Gasteiger partial charge < -0.3 is 20.1 Å². The van der Waals surface area contributed by atoms with Crippen molar-refractivity contribution in [3.8, 4) is 0 Å². The predicted octanol–water partition coefficient (Wildman–Crippen LogP) is 1.97. The second-order valence-corrected chi connectivity index (χ2v) is 10.6. The van der Waals surface area contributed by atoms with Crippen LogP contribution in [0, 0.1) is 28.6 Å². The topological polar surface area (TPSA) is 138 Å². The highest BCUT2D eigenvalue weighted by atomic mass is 16.5. The van der Waals surface area contributed by atoms with E-state index < -0.39 is 41.4 Å². The molecule has 0 aromatic carbocycles. The molecular formula is C25H32O8. The third-order valence-corrected chi connectivity index (χ3v) is 8.98. The van der Waals surface area contributed by atoms with Crippen LogP contribution in [0.2, 0.25) is 0 Å². The SMILES string of the molecule is C[C@]12CCC(=O)C=C1C=C[C@@H]1[C@@H]2[C@@H](O)C[C@@]2(C)[C@H]1CC[C@]2(O)C(=O)COC(=O)CCC(=O)O. The Hall–Kier alpha value is -2.32. The van der Waals surface area contributed by atoms with E-state index in [1.165, 1.54) is 0 Å². The fraction of sp³-hybridized carbons (Fsp3) is 0.680. The summed E-state index contributed by atoms with van der Waals surface area (Å²) in [7, 11) is 0. The number of aliphatic hydroxyl groups excluding tert-OH is 1. The van der Waals surface area contributed by atoms with Crippen molar-refractivity contribution in [2.45, 2.75) is 70.5 Å². The smallest absolute Gasteiger partial charge is 0.306 e. The zero-order chi connectivity index (χ0) is 24.2. The van der Waals surface area contributed by atoms with Crippen LogP contribution in [-0.4, -0.2) is 57.1 Å². The summed E-state index contributed by atoms with van der Waals surface area (Å²) < 4.78 is 4.96. The molecule has 3 N–H and O–H groups in total. The lowest BCUT2D eigenvalue weighted by Gasteiger charge is -2.58. The summed E-state index contributed by atoms with van der Waals surface area (Å²) in [4.78, 5) is 47.4. The third kappa shape index (κ3) is 3.67. The monoisotopic (exact) mass is 460 g/mol. The third-order valence-electron chi connectivity index (χ3n) is 8.98. The van der Waals surface area contributed by atoms with E-state index in [9.17, 15) is 29.4 Å². The summed E-state index contributed by atoms with van der Waals surface area (Å²) >= 11 is 0. The van der Waals surface area contributed by atoms with Crippen LogP contribution in [0.4, 0.5) is 0 Å². The van der Waals surface area contributed by atoms with Crippen LogP contribution in [0.5, 0.6) is 0 Å². The van der Waals surface area contributed by atoms with Gasteiger partial charge in [-0.15, -0.1) is 0 Å². The van der Waals surface area contributed by atoms with Gasteiger partial charge in [0.15, 0.2) is 12.4 Å². The fourth-order valence-electron chi connectivity index (χ4n) is 7.14. The largest absolute Gasteiger partial charge is 0.481 e. The van der Waals surface area contributed by atoms with E-state index in [2.05, 4.69) is 6.92 Å². The molecule has 2 fully saturated rings. The van der Waals surface area contributed by atoms with E-state index in [1.54, 1.807) is 6.08 Å². The molecule has 4 rings (SSSR count). The summed E-state index contributed by atoms with van der Waals surface area (Å²) in [6.45, 7) is 3.31. The van der Waals surface area contributed by atoms with Gasteiger partial charge in [-0.05, 0) is 54.6 Å². The molecule has 7 atom stereocenters. The predicted molar refractivity (Wildman–Crippen MR) is 116 cm³/mol. The number of carbonyl (C=O) groups excluding carboxylic acids is 3. The minimum Gasteiger partial charge on any atom is -0.481 e. The molecule has 180 valence electrons. The maximum absolute atomic E-state index is 13.1. The Balaban J connectivity index is 1.55. The number of allylic oxidation sites excluding steroid dienone is 4. The number of carbonyl (C=O) groups is 4. The van der Waals surface area contributed by atoms with Crippen LogP contribution in [0.1, 0.15) is 58.8 Å². The second kappa shape index (κ2) is 8.17. The Morgan fingerprint density at radius 2 is 1.91 bits per heavy atom. The number of Topliss-reactive ketones (excluding diaryl/α,β-unsaturated/α-hetero) is 1. The van der Waals surface area contributed by atoms with Gasteiger partial charge in [0.1, 0.15) is 5.60 Å². The molecule has 0 aliphatic heterocycles. The summed E-state index contributed by atoms with van der Waals surface area (Å²) in [5.74, 6) is -2.65. The number of hydrogen-bond acceptors (Lipinski definition) is 7. The first-order chi connectivity index (χ1) is 15.4. The van der Waals surface area contributed by atoms with Crippen molar-refractivity contribution in [3.05, 3.63) is 23.8 Å². The van der Waals surface area contributed by atoms with Gasteiger partial charge in [-0.2, -0.15) is 0 Å². The Morgan fingerprint density at radius 3 is 2.61 bits per heavy atom. The van der Waals surface area contributed by atoms with Gasteiger partial charge in [-0.1, -0.05) is 26.0 Å². The molecule has 33 heavy (non-hydrogen) atoms. The summed E-state index contributed by atoms with van der Waals surface area (Å²) in [6.07, 6.45) is 6.34. The molecule has 8 nitrogen and oxygen atoms in total. The number of fused-ring (bicyclic) bond motifs is 5. The van der Waals surface area contributed by atoms with Crippen LogP contribution in [0.25, 0.3) is 0 Å². The van der Waals surface area contributed by atoms with Crippen LogP contribution in [0.15, 0.2) is 23.8 Å². The molecular weight excluding hydrogens is 428 g/mol. The summed E-state index contributed by atoms with van der Waals surface area (Å²) in [6, 6.07) is 0. The van der Waals surface area contributed by atoms with E-state index in [0.717, 1.165) is 5.57 Å². The Labute approximate surface area is 192 Å². The molecule has 0 heterocycles. The molecule has 4 aliphatic rings. The highest BCUT2D eigenvalue weighted by Gasteiger charge is 2.67. The zero-order valence-electron chi connectivity index (χ0n) is 19.1. The van der Waals surface area contributed by atoms with Gasteiger partial charge in [-0.3, -0.25) is 19.2 Å². The first kappa shape index (κ1) is 23.8. The molecule has 0 unspecified atom stereocenters. The van der Waals surface area contributed by atoms with Gasteiger partial charge in [0.2, 0.25) is 5.78 Å². The number of ketones is 2. The standard InChI is InChI=1S/C25H32O8/c1-23-9-7-15(26)11-14(23)3-4-16-17-8-10-25(32,24(17,2)12-18(27)22(16)23)19(28)13-33-21(31)6-5-20(29)30/h3-4,11,16-18,22,27,32H,5-10,12-13H2,1-2H3,(H,29,30)/t16-,17-,18-,22+,23-,24-,25-/m0/s1. The van der Waals surface area contributed by atoms with Gasteiger partial charge in [0.05, 0.1) is 18.9 Å². The lowest BCUT2D eigenvalue weighted by molar-refractivity contribution is -0.178. The molecule has 0 radical (unpaired) electrons. The number of ether oxygens (including phenoxy) is 1. The van der Waals surface area contributed by atoms with Crippen molar-refractivity contribution in [3.63, 3.8) is 0 Å². The molecule has 2 saturated carbocycles. The summed E-state index contributed by atoms with van der Waals surface area (Å²) in [5.41, 5.74) is -2.03. The molecule has 0 bridgehead atoms. The first-order valence-electron chi connectivity index (χ1n) is 11.7. The van der Waals surface area contributed by atoms with Crippen LogP contribution in [0.3, 0.4) is 0 Å². The maximum Gasteiger partial charge on any atom is 0.306 e. The molecule has 0 amide bonds. The van der Waals surface area contributed by atoms with E-state index >= 15 is 0 Å². The average molecular weight is 461 g/mol. The van der Waals surface area contributed by atoms with E-state index in [0.29, 0.717) is 19.3 Å². The van der Waals surface area contributed by atoms with Crippen LogP contribution < -0.4 is 0 Å². The number of carboxylic acids is 1. The molecule has 0 aromatic rings. The van der Waals surface area contributed by atoms with Crippen molar-refractivity contribution in [1.82, 2.24) is 0 Å². The van der Waals surface area contributed by atoms with E-state index in [1.807, 2.05) is 19.1 Å². The quantitative estimate of drug-likeness (QED) is 0.512. The Bertz CT molecular complexity index is 950. The van der Waals surface area contributed by atoms with Crippen molar-refractivity contribution in [1.29, 1.82) is 0 Å². The van der Waals surface area contributed by atoms with Crippen molar-refractivity contribution < 1.29 is 39.2 Å². The van der Waals surface area contributed by atoms with Crippen LogP contribution >= 0.6 is 0 Å². The van der Waals surface area contributed by atoms with Gasteiger partial charge in [-0.25, -0.2) is 0 Å². The van der Waals surface area contributed by atoms with Crippen LogP contribution in [-0.2, 0) is 23.9 Å². The minimum absolute atomic E-state index is 0.0465. The highest BCUT2D eigenvalue weighted by Crippen LogP contribution is 2.66. The zero-order valence-corrected chi connectivity index (χ0v) is 19.1. The lowest BCUT2D eigenvalue weighted by atomic mass is 9.47. The van der Waals surface area contributed by atoms with Gasteiger partial charge >= 0.3 is 11.9 Å². The van der Waals surface area contributed by atoms with Gasteiger partial charge in [0, 0.05) is 17.8 Å². The molecule has 0 aromatic heterocycles. The van der Waals surface area contributed by atoms with Gasteiger partial charge in [0.25, 0.3) is 0 Å². The second-order valence-electron chi connectivity index (χ2n) is 10.6. The molecule has 0 saturated heterocycles. The van der Waals surface area contributed by atoms with E-state index in [4.69, 9.17) is 9.84 Å². The van der Waals surface area contributed by atoms with Crippen molar-refractivity contribution in [2.24, 2.45) is 28.6 Å². The number of carboxylic acid groups (broad SMARTS) is 1. The minimum atomic E-state index is -1.75. The Kier molecular flexibility index (Phi) is 5.90. The number of esters is 1. The van der Waals surface area contributed by atoms with Crippen molar-refractivity contribution in [2.75, 3.05) is 6.61 Å². The number of aliphatic carboxylic acids is 1. The average Bonchev–Trinajstić information content (AvgIpc) is 3.02. The molecule has 8 heteroatoms. The molecule has 4 aliphatic carbocycles. The normalized spacial score (nSPS) is 41.5. The first-order valence-corrected chi connectivity index (χ1v) is 11.7. The number of aliphatic hydroxyl groups is 2. The van der Waals surface area contributed by atoms with Crippen molar-refractivity contribution >= 4 is 23.5 Å². The Morgan fingerprint density at radius 1 is 1.18 bits per heavy atom. The fourth-order valence-corrected chi connectivity index (χ4v) is 7.14. The maximum atomic E-state index is 13.1. The number of hydrogen-bond donors (Lipinski definition) is 3. The summed E-state index contributed by atoms with van der Waals surface area (Å²) in [5, 5.41) is 31.6.